The molecule has 0 radical (unpaired) electrons. The molecule has 0 aliphatic heterocycles. The van der Waals surface area contributed by atoms with Crippen LogP contribution in [0, 0.1) is 0 Å². The number of anilines is 1. The third-order valence-corrected chi connectivity index (χ3v) is 4.39. The van der Waals surface area contributed by atoms with Crippen molar-refractivity contribution in [1.29, 1.82) is 0 Å². The van der Waals surface area contributed by atoms with Crippen LogP contribution in [0.4, 0.5) is 10.7 Å². The number of aromatic amines is 1. The van der Waals surface area contributed by atoms with E-state index in [1.54, 1.807) is 6.07 Å². The topological polar surface area (TPSA) is 108 Å². The summed E-state index contributed by atoms with van der Waals surface area (Å²) in [5.41, 5.74) is 2.42. The van der Waals surface area contributed by atoms with Crippen LogP contribution in [0.5, 0.6) is 5.75 Å². The molecule has 0 atom stereocenters. The van der Waals surface area contributed by atoms with E-state index in [0.717, 1.165) is 22.5 Å². The van der Waals surface area contributed by atoms with Gasteiger partial charge in [0.2, 0.25) is 5.95 Å². The zero-order chi connectivity index (χ0) is 21.1. The molecular weight excluding hydrogens is 392 g/mol. The smallest absolute Gasteiger partial charge is 0.413 e. The maximum atomic E-state index is 11.3. The Labute approximate surface area is 174 Å². The summed E-state index contributed by atoms with van der Waals surface area (Å²) in [6.45, 7) is 4.61. The first-order valence-electron chi connectivity index (χ1n) is 9.30. The molecule has 0 spiro atoms. The summed E-state index contributed by atoms with van der Waals surface area (Å²) in [5.74, 6) is 0.968. The fourth-order valence-corrected chi connectivity index (χ4v) is 2.93. The monoisotopic (exact) mass is 418 g/mol. The number of carbonyl (C=O) groups is 1. The lowest BCUT2D eigenvalue weighted by Gasteiger charge is -2.04. The normalized spacial score (nSPS) is 12.8. The van der Waals surface area contributed by atoms with Crippen LogP contribution in [-0.4, -0.2) is 41.4 Å². The fraction of sp³-hybridized carbons (Fsp3) is 0.300. The highest BCUT2D eigenvalue weighted by molar-refractivity contribution is 7.99. The molecule has 8 nitrogen and oxygen atoms in total. The minimum atomic E-state index is -0.588. The fourth-order valence-electron chi connectivity index (χ4n) is 2.35. The van der Waals surface area contributed by atoms with E-state index >= 15 is 0 Å². The summed E-state index contributed by atoms with van der Waals surface area (Å²) in [7, 11) is 1.29. The van der Waals surface area contributed by atoms with Gasteiger partial charge in [-0.1, -0.05) is 26.0 Å². The van der Waals surface area contributed by atoms with E-state index in [4.69, 9.17) is 9.29 Å². The number of aromatic nitrogens is 2. The van der Waals surface area contributed by atoms with E-state index in [0.29, 0.717) is 23.8 Å². The second kappa shape index (κ2) is 11.8. The Morgan fingerprint density at radius 2 is 2.14 bits per heavy atom. The number of ether oxygens (including phenoxy) is 1. The number of imidazole rings is 1. The SMILES string of the molecule is CC.COC(=O)Nc1nc2ccc(OSC3=CCC=C(NCCO)C=C3)cc2[nH]1. The predicted molar refractivity (Wildman–Crippen MR) is 117 cm³/mol. The van der Waals surface area contributed by atoms with Crippen LogP contribution in [0.2, 0.25) is 0 Å². The van der Waals surface area contributed by atoms with Crippen LogP contribution in [0.15, 0.2) is 53.1 Å². The molecule has 1 aliphatic carbocycles. The molecule has 3 rings (SSSR count). The Bertz CT molecular complexity index is 905. The summed E-state index contributed by atoms with van der Waals surface area (Å²) in [5, 5.41) is 14.5. The zero-order valence-electron chi connectivity index (χ0n) is 16.7. The van der Waals surface area contributed by atoms with Gasteiger partial charge in [-0.3, -0.25) is 5.32 Å². The van der Waals surface area contributed by atoms with Crippen molar-refractivity contribution >= 4 is 35.1 Å². The first-order chi connectivity index (χ1) is 14.2. The molecule has 29 heavy (non-hydrogen) atoms. The first kappa shape index (κ1) is 22.4. The van der Waals surface area contributed by atoms with Crippen LogP contribution in [0.25, 0.3) is 11.0 Å². The number of hydrogen-bond acceptors (Lipinski definition) is 7. The Kier molecular flexibility index (Phi) is 9.13. The second-order valence-corrected chi connectivity index (χ2v) is 6.34. The molecule has 1 heterocycles. The maximum absolute atomic E-state index is 11.3. The number of methoxy groups -OCH3 is 1. The lowest BCUT2D eigenvalue weighted by molar-refractivity contribution is 0.186. The number of nitrogens with one attached hydrogen (secondary N) is 3. The summed E-state index contributed by atoms with van der Waals surface area (Å²) < 4.78 is 10.3. The van der Waals surface area contributed by atoms with Gasteiger partial charge in [-0.15, -0.1) is 0 Å². The zero-order valence-corrected chi connectivity index (χ0v) is 17.5. The van der Waals surface area contributed by atoms with E-state index in [9.17, 15) is 4.79 Å². The van der Waals surface area contributed by atoms with E-state index in [1.807, 2.05) is 44.2 Å². The number of fused-ring (bicyclic) bond motifs is 1. The number of nitrogens with zero attached hydrogens (tertiary/aromatic N) is 1. The van der Waals surface area contributed by atoms with Gasteiger partial charge in [-0.2, -0.15) is 0 Å². The van der Waals surface area contributed by atoms with Crippen molar-refractivity contribution in [2.24, 2.45) is 0 Å². The van der Waals surface area contributed by atoms with Gasteiger partial charge in [0, 0.05) is 23.2 Å². The molecule has 1 amide bonds. The Morgan fingerprint density at radius 1 is 1.31 bits per heavy atom. The molecule has 156 valence electrons. The van der Waals surface area contributed by atoms with E-state index in [1.165, 1.54) is 19.2 Å². The minimum Gasteiger partial charge on any atom is -0.453 e. The van der Waals surface area contributed by atoms with Crippen LogP contribution in [0.3, 0.4) is 0 Å². The lowest BCUT2D eigenvalue weighted by atomic mass is 10.3. The lowest BCUT2D eigenvalue weighted by Crippen LogP contribution is -2.16. The maximum Gasteiger partial charge on any atom is 0.413 e. The Hall–Kier alpha value is -2.91. The summed E-state index contributed by atoms with van der Waals surface area (Å²) in [6, 6.07) is 5.43. The minimum absolute atomic E-state index is 0.0935. The number of rotatable bonds is 7. The van der Waals surface area contributed by atoms with Gasteiger partial charge in [-0.05, 0) is 30.7 Å². The molecular formula is C20H26N4O4S. The third-order valence-electron chi connectivity index (χ3n) is 3.62. The van der Waals surface area contributed by atoms with Crippen molar-refractivity contribution in [2.45, 2.75) is 20.3 Å². The summed E-state index contributed by atoms with van der Waals surface area (Å²) in [4.78, 5) is 19.5. The first-order valence-corrected chi connectivity index (χ1v) is 10.0. The molecule has 1 aromatic carbocycles. The average molecular weight is 419 g/mol. The Balaban J connectivity index is 0.00000145. The van der Waals surface area contributed by atoms with Crippen molar-refractivity contribution in [3.63, 3.8) is 0 Å². The van der Waals surface area contributed by atoms with Gasteiger partial charge < -0.3 is 24.3 Å². The highest BCUT2D eigenvalue weighted by Gasteiger charge is 2.08. The largest absolute Gasteiger partial charge is 0.453 e. The van der Waals surface area contributed by atoms with Crippen LogP contribution < -0.4 is 14.8 Å². The Morgan fingerprint density at radius 3 is 2.90 bits per heavy atom. The average Bonchev–Trinajstić information content (AvgIpc) is 3.00. The van der Waals surface area contributed by atoms with E-state index < -0.39 is 6.09 Å². The molecule has 1 aromatic heterocycles. The van der Waals surface area contributed by atoms with E-state index in [2.05, 4.69) is 31.4 Å². The van der Waals surface area contributed by atoms with Gasteiger partial charge >= 0.3 is 6.09 Å². The molecule has 2 aromatic rings. The van der Waals surface area contributed by atoms with Crippen molar-refractivity contribution in [2.75, 3.05) is 25.6 Å². The van der Waals surface area contributed by atoms with E-state index in [-0.39, 0.29) is 6.61 Å². The number of benzene rings is 1. The van der Waals surface area contributed by atoms with Gasteiger partial charge in [0.25, 0.3) is 0 Å². The predicted octanol–water partition coefficient (Wildman–Crippen LogP) is 4.10. The van der Waals surface area contributed by atoms with Gasteiger partial charge in [0.05, 0.1) is 36.8 Å². The standard InChI is InChI=1S/C18H20N4O4S.C2H6/c1-25-18(24)22-17-20-15-8-6-13(11-16(15)21-17)26-27-14-4-2-3-12(5-7-14)19-9-10-23;1-2/h3-8,11,19,23H,2,9-10H2,1H3,(H2,20,21,22,24);1-2H3. The van der Waals surface area contributed by atoms with Crippen molar-refractivity contribution in [3.8, 4) is 5.75 Å². The van der Waals surface area contributed by atoms with Crippen molar-refractivity contribution in [1.82, 2.24) is 15.3 Å². The molecule has 9 heteroatoms. The number of hydrogen-bond donors (Lipinski definition) is 4. The molecule has 0 saturated carbocycles. The third kappa shape index (κ3) is 6.88. The van der Waals surface area contributed by atoms with Crippen molar-refractivity contribution in [3.05, 3.63) is 53.1 Å². The number of allylic oxidation sites excluding steroid dienone is 4. The number of aliphatic hydroxyl groups is 1. The van der Waals surface area contributed by atoms with Gasteiger partial charge in [0.15, 0.2) is 0 Å². The molecule has 4 N–H and O–H groups in total. The second-order valence-electron chi connectivity index (χ2n) is 5.53. The van der Waals surface area contributed by atoms with Crippen LogP contribution in [-0.2, 0) is 4.74 Å². The number of aliphatic hydroxyl groups excluding tert-OH is 1. The van der Waals surface area contributed by atoms with Gasteiger partial charge in [-0.25, -0.2) is 9.78 Å². The van der Waals surface area contributed by atoms with Crippen molar-refractivity contribution < 1.29 is 18.8 Å². The molecule has 1 aliphatic rings. The summed E-state index contributed by atoms with van der Waals surface area (Å²) >= 11 is 1.26. The highest BCUT2D eigenvalue weighted by Crippen LogP contribution is 2.28. The molecule has 0 bridgehead atoms. The summed E-state index contributed by atoms with van der Waals surface area (Å²) in [6.07, 6.45) is 8.20. The number of H-pyrrole nitrogens is 1. The van der Waals surface area contributed by atoms with Crippen LogP contribution in [0.1, 0.15) is 20.3 Å². The highest BCUT2D eigenvalue weighted by atomic mass is 32.2. The molecule has 0 fully saturated rings. The number of amides is 1. The quantitative estimate of drug-likeness (QED) is 0.501. The van der Waals surface area contributed by atoms with Crippen LogP contribution >= 0.6 is 12.0 Å². The molecule has 0 saturated heterocycles. The van der Waals surface area contributed by atoms with Gasteiger partial charge in [0.1, 0.15) is 5.75 Å². The molecule has 0 unspecified atom stereocenters. The number of carbonyl (C=O) groups excluding carboxylic acids is 1.